The Bertz CT molecular complexity index is 592. The van der Waals surface area contributed by atoms with Gasteiger partial charge in [0.15, 0.2) is 0 Å². The summed E-state index contributed by atoms with van der Waals surface area (Å²) in [6.45, 7) is 4.40. The zero-order valence-electron chi connectivity index (χ0n) is 11.8. The number of para-hydroxylation sites is 1. The van der Waals surface area contributed by atoms with Gasteiger partial charge in [-0.1, -0.05) is 32.0 Å². The van der Waals surface area contributed by atoms with Crippen LogP contribution in [0.5, 0.6) is 0 Å². The molecule has 1 heterocycles. The fraction of sp³-hybridized carbons (Fsp3) is 0.357. The topological polar surface area (TPSA) is 79.9 Å². The van der Waals surface area contributed by atoms with Gasteiger partial charge in [-0.3, -0.25) is 9.89 Å². The first-order valence-corrected chi connectivity index (χ1v) is 6.42. The molecule has 20 heavy (non-hydrogen) atoms. The molecule has 6 nitrogen and oxygen atoms in total. The minimum absolute atomic E-state index is 0.140. The molecular formula is C14H18N4O2. The smallest absolute Gasteiger partial charge is 0.295 e. The predicted octanol–water partition coefficient (Wildman–Crippen LogP) is 2.33. The predicted molar refractivity (Wildman–Crippen MR) is 75.6 cm³/mol. The van der Waals surface area contributed by atoms with E-state index in [2.05, 4.69) is 20.5 Å². The van der Waals surface area contributed by atoms with Gasteiger partial charge in [-0.15, -0.1) is 5.10 Å². The molecule has 0 aliphatic rings. The van der Waals surface area contributed by atoms with Crippen LogP contribution in [0.25, 0.3) is 0 Å². The van der Waals surface area contributed by atoms with Gasteiger partial charge in [0.25, 0.3) is 5.91 Å². The number of nitrogens with zero attached hydrogens (tertiary/aromatic N) is 2. The van der Waals surface area contributed by atoms with Gasteiger partial charge in [-0.2, -0.15) is 0 Å². The molecule has 6 heteroatoms. The maximum atomic E-state index is 12.1. The standard InChI is InChI=1S/C14H18N4O2/c1-9(2)12-16-13(18-17-12)14(19)15-11-7-5-4-6-10(11)8-20-3/h4-7,9H,8H2,1-3H3,(H,15,19)(H,16,17,18). The molecule has 0 atom stereocenters. The van der Waals surface area contributed by atoms with Crippen LogP contribution in [0.2, 0.25) is 0 Å². The number of anilines is 1. The molecule has 2 aromatic rings. The number of aromatic nitrogens is 3. The van der Waals surface area contributed by atoms with E-state index in [9.17, 15) is 4.79 Å². The molecule has 0 unspecified atom stereocenters. The van der Waals surface area contributed by atoms with Gasteiger partial charge >= 0.3 is 0 Å². The van der Waals surface area contributed by atoms with Crippen LogP contribution in [0, 0.1) is 0 Å². The summed E-state index contributed by atoms with van der Waals surface area (Å²) in [5, 5.41) is 9.49. The zero-order valence-corrected chi connectivity index (χ0v) is 11.8. The highest BCUT2D eigenvalue weighted by atomic mass is 16.5. The molecule has 1 aromatic carbocycles. The molecule has 0 radical (unpaired) electrons. The fourth-order valence-corrected chi connectivity index (χ4v) is 1.74. The van der Waals surface area contributed by atoms with Crippen LogP contribution in [0.15, 0.2) is 24.3 Å². The molecule has 2 N–H and O–H groups in total. The van der Waals surface area contributed by atoms with Crippen molar-refractivity contribution in [2.75, 3.05) is 12.4 Å². The molecule has 0 bridgehead atoms. The lowest BCUT2D eigenvalue weighted by molar-refractivity contribution is 0.101. The quantitative estimate of drug-likeness (QED) is 0.877. The summed E-state index contributed by atoms with van der Waals surface area (Å²) in [5.41, 5.74) is 1.61. The lowest BCUT2D eigenvalue weighted by Crippen LogP contribution is -2.15. The molecule has 1 amide bonds. The van der Waals surface area contributed by atoms with Crippen molar-refractivity contribution in [1.29, 1.82) is 0 Å². The van der Waals surface area contributed by atoms with E-state index in [1.807, 2.05) is 38.1 Å². The number of hydrogen-bond acceptors (Lipinski definition) is 4. The Morgan fingerprint density at radius 2 is 2.15 bits per heavy atom. The molecule has 2 rings (SSSR count). The van der Waals surface area contributed by atoms with E-state index in [1.54, 1.807) is 7.11 Å². The van der Waals surface area contributed by atoms with Crippen LogP contribution in [-0.2, 0) is 11.3 Å². The van der Waals surface area contributed by atoms with E-state index in [1.165, 1.54) is 0 Å². The third kappa shape index (κ3) is 3.21. The Labute approximate surface area is 117 Å². The highest BCUT2D eigenvalue weighted by molar-refractivity contribution is 6.01. The number of amides is 1. The number of H-pyrrole nitrogens is 1. The normalized spacial score (nSPS) is 10.8. The molecule has 0 spiro atoms. The van der Waals surface area contributed by atoms with Crippen molar-refractivity contribution < 1.29 is 9.53 Å². The Balaban J connectivity index is 2.14. The summed E-state index contributed by atoms with van der Waals surface area (Å²) in [6, 6.07) is 7.47. The molecule has 0 aliphatic heterocycles. The van der Waals surface area contributed by atoms with Gasteiger partial charge in [-0.25, -0.2) is 4.98 Å². The van der Waals surface area contributed by atoms with E-state index >= 15 is 0 Å². The first kappa shape index (κ1) is 14.2. The van der Waals surface area contributed by atoms with Crippen molar-refractivity contribution in [2.45, 2.75) is 26.4 Å². The Hall–Kier alpha value is -2.21. The van der Waals surface area contributed by atoms with Crippen LogP contribution in [0.1, 0.15) is 41.8 Å². The summed E-state index contributed by atoms with van der Waals surface area (Å²) in [5.74, 6) is 0.697. The van der Waals surface area contributed by atoms with Crippen LogP contribution >= 0.6 is 0 Å². The van der Waals surface area contributed by atoms with E-state index in [0.29, 0.717) is 18.1 Å². The second-order valence-corrected chi connectivity index (χ2v) is 4.74. The Kier molecular flexibility index (Phi) is 4.47. The molecule has 0 aliphatic carbocycles. The molecule has 1 aromatic heterocycles. The number of ether oxygens (including phenoxy) is 1. The number of aromatic amines is 1. The van der Waals surface area contributed by atoms with Crippen molar-refractivity contribution in [3.8, 4) is 0 Å². The monoisotopic (exact) mass is 274 g/mol. The van der Waals surface area contributed by atoms with Gasteiger partial charge in [0.1, 0.15) is 5.82 Å². The van der Waals surface area contributed by atoms with Crippen LogP contribution in [-0.4, -0.2) is 28.2 Å². The second-order valence-electron chi connectivity index (χ2n) is 4.74. The van der Waals surface area contributed by atoms with Gasteiger partial charge in [0.2, 0.25) is 5.82 Å². The molecule has 0 saturated carbocycles. The van der Waals surface area contributed by atoms with Crippen LogP contribution in [0.3, 0.4) is 0 Å². The average molecular weight is 274 g/mol. The number of hydrogen-bond donors (Lipinski definition) is 2. The first-order valence-electron chi connectivity index (χ1n) is 6.42. The van der Waals surface area contributed by atoms with E-state index in [-0.39, 0.29) is 17.6 Å². The highest BCUT2D eigenvalue weighted by Gasteiger charge is 2.15. The van der Waals surface area contributed by atoms with Crippen molar-refractivity contribution in [2.24, 2.45) is 0 Å². The third-order valence-corrected chi connectivity index (χ3v) is 2.82. The molecule has 0 fully saturated rings. The number of rotatable bonds is 5. The second kappa shape index (κ2) is 6.29. The summed E-state index contributed by atoms with van der Waals surface area (Å²) in [4.78, 5) is 16.3. The zero-order chi connectivity index (χ0) is 14.5. The van der Waals surface area contributed by atoms with Crippen molar-refractivity contribution in [3.05, 3.63) is 41.5 Å². The first-order chi connectivity index (χ1) is 9.61. The largest absolute Gasteiger partial charge is 0.380 e. The Morgan fingerprint density at radius 3 is 2.80 bits per heavy atom. The number of carbonyl (C=O) groups excluding carboxylic acids is 1. The van der Waals surface area contributed by atoms with Crippen molar-refractivity contribution in [3.63, 3.8) is 0 Å². The lowest BCUT2D eigenvalue weighted by Gasteiger charge is -2.08. The molecule has 0 saturated heterocycles. The van der Waals surface area contributed by atoms with Crippen molar-refractivity contribution in [1.82, 2.24) is 15.2 Å². The lowest BCUT2D eigenvalue weighted by atomic mass is 10.2. The SMILES string of the molecule is COCc1ccccc1NC(=O)c1n[nH]c(C(C)C)n1. The van der Waals surface area contributed by atoms with Gasteiger partial charge < -0.3 is 10.1 Å². The van der Waals surface area contributed by atoms with Crippen molar-refractivity contribution >= 4 is 11.6 Å². The number of benzene rings is 1. The average Bonchev–Trinajstić information content (AvgIpc) is 2.91. The fourth-order valence-electron chi connectivity index (χ4n) is 1.74. The summed E-state index contributed by atoms with van der Waals surface area (Å²) < 4.78 is 5.10. The minimum atomic E-state index is -0.336. The minimum Gasteiger partial charge on any atom is -0.380 e. The van der Waals surface area contributed by atoms with E-state index in [0.717, 1.165) is 5.56 Å². The van der Waals surface area contributed by atoms with Gasteiger partial charge in [-0.05, 0) is 6.07 Å². The Morgan fingerprint density at radius 1 is 1.40 bits per heavy atom. The summed E-state index contributed by atoms with van der Waals surface area (Å²) in [7, 11) is 1.61. The number of carbonyl (C=O) groups is 1. The highest BCUT2D eigenvalue weighted by Crippen LogP contribution is 2.16. The van der Waals surface area contributed by atoms with Crippen LogP contribution < -0.4 is 5.32 Å². The van der Waals surface area contributed by atoms with E-state index in [4.69, 9.17) is 4.74 Å². The van der Waals surface area contributed by atoms with Gasteiger partial charge in [0.05, 0.1) is 6.61 Å². The number of nitrogens with one attached hydrogen (secondary N) is 2. The summed E-state index contributed by atoms with van der Waals surface area (Å²) in [6.07, 6.45) is 0. The molecule has 106 valence electrons. The molecular weight excluding hydrogens is 256 g/mol. The summed E-state index contributed by atoms with van der Waals surface area (Å²) >= 11 is 0. The number of methoxy groups -OCH3 is 1. The van der Waals surface area contributed by atoms with Gasteiger partial charge in [0, 0.05) is 24.3 Å². The maximum Gasteiger partial charge on any atom is 0.295 e. The van der Waals surface area contributed by atoms with E-state index < -0.39 is 0 Å². The van der Waals surface area contributed by atoms with Crippen LogP contribution in [0.4, 0.5) is 5.69 Å². The third-order valence-electron chi connectivity index (χ3n) is 2.82. The maximum absolute atomic E-state index is 12.1.